The first-order valence-electron chi connectivity index (χ1n) is 5.92. The van der Waals surface area contributed by atoms with Crippen LogP contribution in [-0.2, 0) is 6.42 Å². The summed E-state index contributed by atoms with van der Waals surface area (Å²) in [6.07, 6.45) is 2.62. The van der Waals surface area contributed by atoms with Gasteiger partial charge in [0.2, 0.25) is 5.95 Å². The normalized spacial score (nSPS) is 10.9. The van der Waals surface area contributed by atoms with Crippen molar-refractivity contribution in [3.05, 3.63) is 27.0 Å². The molecule has 0 atom stereocenters. The number of H-pyrrole nitrogens is 1. The van der Waals surface area contributed by atoms with Crippen molar-refractivity contribution in [3.63, 3.8) is 0 Å². The number of nitrogens with zero attached hydrogens (tertiary/aromatic N) is 3. The molecule has 3 rings (SSSR count). The van der Waals surface area contributed by atoms with E-state index in [-0.39, 0.29) is 0 Å². The van der Waals surface area contributed by atoms with Crippen LogP contribution >= 0.6 is 27.3 Å². The maximum absolute atomic E-state index is 5.36. The van der Waals surface area contributed by atoms with Crippen molar-refractivity contribution in [1.29, 1.82) is 0 Å². The molecule has 7 nitrogen and oxygen atoms in total. The van der Waals surface area contributed by atoms with Gasteiger partial charge < -0.3 is 5.32 Å². The van der Waals surface area contributed by atoms with E-state index >= 15 is 0 Å². The fourth-order valence-corrected chi connectivity index (χ4v) is 3.31. The molecule has 0 fully saturated rings. The van der Waals surface area contributed by atoms with Crippen LogP contribution in [0.4, 0.5) is 11.8 Å². The van der Waals surface area contributed by atoms with Crippen LogP contribution in [-0.4, -0.2) is 26.7 Å². The second-order valence-corrected chi connectivity index (χ2v) is 6.60. The van der Waals surface area contributed by atoms with E-state index in [9.17, 15) is 0 Å². The van der Waals surface area contributed by atoms with Crippen LogP contribution in [0, 0.1) is 0 Å². The lowest BCUT2D eigenvalue weighted by atomic mass is 10.3. The lowest BCUT2D eigenvalue weighted by Gasteiger charge is -2.07. The predicted octanol–water partition coefficient (Wildman–Crippen LogP) is 2.12. The second-order valence-electron chi connectivity index (χ2n) is 4.06. The fourth-order valence-electron chi connectivity index (χ4n) is 1.82. The monoisotopic (exact) mass is 353 g/mol. The maximum atomic E-state index is 5.36. The van der Waals surface area contributed by atoms with E-state index in [1.807, 2.05) is 0 Å². The van der Waals surface area contributed by atoms with Gasteiger partial charge >= 0.3 is 0 Å². The molecule has 0 aliphatic carbocycles. The summed E-state index contributed by atoms with van der Waals surface area (Å²) in [6.45, 7) is 0.772. The van der Waals surface area contributed by atoms with Crippen LogP contribution < -0.4 is 16.6 Å². The van der Waals surface area contributed by atoms with Crippen LogP contribution in [0.1, 0.15) is 4.88 Å². The molecule has 0 radical (unpaired) electrons. The summed E-state index contributed by atoms with van der Waals surface area (Å²) in [7, 11) is 0. The SMILES string of the molecule is NNc1nc(NCCc2ccc(Br)s2)c2cn[nH]c2n1. The van der Waals surface area contributed by atoms with Gasteiger partial charge in [-0.15, -0.1) is 11.3 Å². The number of thiophene rings is 1. The molecule has 0 saturated heterocycles. The number of rotatable bonds is 5. The summed E-state index contributed by atoms with van der Waals surface area (Å²) in [5.41, 5.74) is 3.09. The zero-order valence-electron chi connectivity index (χ0n) is 10.4. The number of aromatic nitrogens is 4. The average Bonchev–Trinajstić information content (AvgIpc) is 3.07. The molecule has 0 aromatic carbocycles. The summed E-state index contributed by atoms with van der Waals surface area (Å²) in [5.74, 6) is 6.43. The Kier molecular flexibility index (Phi) is 3.81. The molecule has 0 aliphatic rings. The molecule has 0 unspecified atom stereocenters. The van der Waals surface area contributed by atoms with E-state index in [0.29, 0.717) is 17.4 Å². The molecule has 0 saturated carbocycles. The Morgan fingerprint density at radius 1 is 1.35 bits per heavy atom. The van der Waals surface area contributed by atoms with Crippen LogP contribution in [0.15, 0.2) is 22.1 Å². The number of hydrazine groups is 1. The molecule has 0 bridgehead atoms. The van der Waals surface area contributed by atoms with E-state index < -0.39 is 0 Å². The van der Waals surface area contributed by atoms with Gasteiger partial charge in [-0.3, -0.25) is 10.5 Å². The number of aromatic amines is 1. The van der Waals surface area contributed by atoms with E-state index in [4.69, 9.17) is 5.84 Å². The van der Waals surface area contributed by atoms with Crippen molar-refractivity contribution >= 4 is 50.1 Å². The van der Waals surface area contributed by atoms with Gasteiger partial charge in [0.15, 0.2) is 5.65 Å². The van der Waals surface area contributed by atoms with E-state index in [0.717, 1.165) is 22.1 Å². The summed E-state index contributed by atoms with van der Waals surface area (Å²) >= 11 is 5.19. The van der Waals surface area contributed by atoms with E-state index in [1.54, 1.807) is 17.5 Å². The van der Waals surface area contributed by atoms with Crippen molar-refractivity contribution < 1.29 is 0 Å². The Morgan fingerprint density at radius 2 is 2.25 bits per heavy atom. The van der Waals surface area contributed by atoms with Crippen LogP contribution in [0.5, 0.6) is 0 Å². The molecule has 0 aliphatic heterocycles. The van der Waals surface area contributed by atoms with Crippen LogP contribution in [0.3, 0.4) is 0 Å². The Balaban J connectivity index is 1.74. The third kappa shape index (κ3) is 2.74. The molecular formula is C11H12BrN7S. The number of nitrogens with one attached hydrogen (secondary N) is 3. The predicted molar refractivity (Wildman–Crippen MR) is 83.7 cm³/mol. The summed E-state index contributed by atoms with van der Waals surface area (Å²) in [6, 6.07) is 4.16. The third-order valence-electron chi connectivity index (χ3n) is 2.73. The molecule has 3 aromatic rings. The average molecular weight is 354 g/mol. The van der Waals surface area contributed by atoms with Crippen molar-refractivity contribution in [2.75, 3.05) is 17.3 Å². The minimum absolute atomic E-state index is 0.350. The lowest BCUT2D eigenvalue weighted by Crippen LogP contribution is -2.13. The van der Waals surface area contributed by atoms with Gasteiger partial charge in [0, 0.05) is 11.4 Å². The van der Waals surface area contributed by atoms with Gasteiger partial charge in [-0.2, -0.15) is 15.1 Å². The number of fused-ring (bicyclic) bond motifs is 1. The van der Waals surface area contributed by atoms with E-state index in [1.165, 1.54) is 4.88 Å². The van der Waals surface area contributed by atoms with Crippen LogP contribution in [0.25, 0.3) is 11.0 Å². The quantitative estimate of drug-likeness (QED) is 0.413. The minimum Gasteiger partial charge on any atom is -0.369 e. The highest BCUT2D eigenvalue weighted by atomic mass is 79.9. The molecule has 3 aromatic heterocycles. The minimum atomic E-state index is 0.350. The fraction of sp³-hybridized carbons (Fsp3) is 0.182. The zero-order valence-corrected chi connectivity index (χ0v) is 12.8. The highest BCUT2D eigenvalue weighted by Crippen LogP contribution is 2.23. The Hall–Kier alpha value is -1.71. The smallest absolute Gasteiger partial charge is 0.241 e. The topological polar surface area (TPSA) is 105 Å². The number of nitrogen functional groups attached to an aromatic ring is 1. The number of hydrogen-bond donors (Lipinski definition) is 4. The summed E-state index contributed by atoms with van der Waals surface area (Å²) in [4.78, 5) is 9.78. The van der Waals surface area contributed by atoms with Gasteiger partial charge in [0.1, 0.15) is 5.82 Å². The largest absolute Gasteiger partial charge is 0.369 e. The lowest BCUT2D eigenvalue weighted by molar-refractivity contribution is 1.02. The number of nitrogens with two attached hydrogens (primary N) is 1. The summed E-state index contributed by atoms with van der Waals surface area (Å²) < 4.78 is 1.14. The van der Waals surface area contributed by atoms with Crippen molar-refractivity contribution in [3.8, 4) is 0 Å². The van der Waals surface area contributed by atoms with Gasteiger partial charge in [0.25, 0.3) is 0 Å². The molecule has 3 heterocycles. The van der Waals surface area contributed by atoms with Crippen molar-refractivity contribution in [1.82, 2.24) is 20.2 Å². The zero-order chi connectivity index (χ0) is 13.9. The number of halogens is 1. The molecule has 9 heteroatoms. The first-order valence-corrected chi connectivity index (χ1v) is 7.53. The Morgan fingerprint density at radius 3 is 3.00 bits per heavy atom. The highest BCUT2D eigenvalue weighted by Gasteiger charge is 2.08. The highest BCUT2D eigenvalue weighted by molar-refractivity contribution is 9.11. The second kappa shape index (κ2) is 5.73. The maximum Gasteiger partial charge on any atom is 0.241 e. The third-order valence-corrected chi connectivity index (χ3v) is 4.41. The van der Waals surface area contributed by atoms with Gasteiger partial charge in [0.05, 0.1) is 15.4 Å². The standard InChI is InChI=1S/C11H12BrN7S/c12-8-2-1-6(20-8)3-4-14-9-7-5-15-19-10(7)17-11(16-9)18-13/h1-2,5H,3-4,13H2,(H3,14,15,16,17,18,19). The number of hydrogen-bond acceptors (Lipinski definition) is 7. The molecule has 0 spiro atoms. The molecule has 104 valence electrons. The Labute approximate surface area is 127 Å². The first kappa shape index (κ1) is 13.3. The van der Waals surface area contributed by atoms with Crippen molar-refractivity contribution in [2.24, 2.45) is 5.84 Å². The molecular weight excluding hydrogens is 342 g/mol. The molecule has 5 N–H and O–H groups in total. The van der Waals surface area contributed by atoms with Crippen molar-refractivity contribution in [2.45, 2.75) is 6.42 Å². The molecule has 20 heavy (non-hydrogen) atoms. The first-order chi connectivity index (χ1) is 9.76. The van der Waals surface area contributed by atoms with E-state index in [2.05, 4.69) is 59.0 Å². The van der Waals surface area contributed by atoms with Gasteiger partial charge in [-0.25, -0.2) is 5.84 Å². The van der Waals surface area contributed by atoms with Crippen LogP contribution in [0.2, 0.25) is 0 Å². The molecule has 0 amide bonds. The van der Waals surface area contributed by atoms with Gasteiger partial charge in [-0.05, 0) is 34.5 Å². The van der Waals surface area contributed by atoms with Gasteiger partial charge in [-0.1, -0.05) is 0 Å². The Bertz CT molecular complexity index is 722. The number of anilines is 2. The summed E-state index contributed by atoms with van der Waals surface area (Å²) in [5, 5.41) is 10.9.